The topological polar surface area (TPSA) is 30.0 Å². The summed E-state index contributed by atoms with van der Waals surface area (Å²) in [5.41, 5.74) is 7.17. The fourth-order valence-electron chi connectivity index (χ4n) is 3.91. The second-order valence-corrected chi connectivity index (χ2v) is 8.24. The number of aryl methyl sites for hydroxylation is 2. The van der Waals surface area contributed by atoms with E-state index in [1.54, 1.807) is 6.07 Å². The van der Waals surface area contributed by atoms with Gasteiger partial charge < -0.3 is 0 Å². The molecule has 0 aliphatic heterocycles. The summed E-state index contributed by atoms with van der Waals surface area (Å²) in [6.45, 7) is 4.48. The predicted octanol–water partition coefficient (Wildman–Crippen LogP) is 7.96. The van der Waals surface area contributed by atoms with E-state index in [1.165, 1.54) is 36.8 Å². The average molecular weight is 420 g/mol. The number of benzene rings is 2. The monoisotopic (exact) mass is 419 g/mol. The number of aldehydes is 1. The Kier molecular flexibility index (Phi) is 8.21. The summed E-state index contributed by atoms with van der Waals surface area (Å²) in [7, 11) is 0. The maximum absolute atomic E-state index is 11.3. The maximum Gasteiger partial charge on any atom is 0.168 e. The second kappa shape index (κ2) is 11.1. The lowest BCUT2D eigenvalue weighted by Gasteiger charge is -2.15. The van der Waals surface area contributed by atoms with E-state index in [1.807, 2.05) is 30.3 Å². The number of hydrogen-bond donors (Lipinski definition) is 0. The van der Waals surface area contributed by atoms with Crippen molar-refractivity contribution in [1.82, 2.24) is 4.98 Å². The third-order valence-electron chi connectivity index (χ3n) is 5.47. The Balaban J connectivity index is 2.02. The largest absolute Gasteiger partial charge is 0.296 e. The molecule has 3 aromatic rings. The summed E-state index contributed by atoms with van der Waals surface area (Å²) in [5, 5.41) is 0.658. The molecular weight excluding hydrogens is 390 g/mol. The molecular formula is C27H30ClNO. The Morgan fingerprint density at radius 1 is 0.833 bits per heavy atom. The van der Waals surface area contributed by atoms with Gasteiger partial charge in [-0.2, -0.15) is 0 Å². The molecule has 156 valence electrons. The van der Waals surface area contributed by atoms with Crippen LogP contribution in [0.2, 0.25) is 5.02 Å². The lowest BCUT2D eigenvalue weighted by atomic mass is 9.92. The van der Waals surface area contributed by atoms with Gasteiger partial charge in [-0.1, -0.05) is 81.5 Å². The smallest absolute Gasteiger partial charge is 0.168 e. The van der Waals surface area contributed by atoms with Crippen molar-refractivity contribution in [1.29, 1.82) is 0 Å². The van der Waals surface area contributed by atoms with Gasteiger partial charge in [0.2, 0.25) is 0 Å². The second-order valence-electron chi connectivity index (χ2n) is 7.80. The van der Waals surface area contributed by atoms with Crippen LogP contribution in [0.1, 0.15) is 67.6 Å². The van der Waals surface area contributed by atoms with Gasteiger partial charge in [0.1, 0.15) is 5.69 Å². The fourth-order valence-corrected chi connectivity index (χ4v) is 4.10. The number of rotatable bonds is 10. The molecule has 1 aromatic heterocycles. The maximum atomic E-state index is 11.3. The molecule has 3 rings (SSSR count). The van der Waals surface area contributed by atoms with E-state index in [-0.39, 0.29) is 0 Å². The molecule has 0 fully saturated rings. The number of hydrogen-bond acceptors (Lipinski definition) is 2. The molecule has 0 atom stereocenters. The molecule has 0 amide bonds. The molecule has 3 heteroatoms. The minimum atomic E-state index is 0.426. The Morgan fingerprint density at radius 3 is 2.43 bits per heavy atom. The van der Waals surface area contributed by atoms with Crippen LogP contribution in [-0.2, 0) is 12.8 Å². The zero-order valence-electron chi connectivity index (χ0n) is 18.0. The van der Waals surface area contributed by atoms with Crippen molar-refractivity contribution in [3.05, 3.63) is 76.4 Å². The van der Waals surface area contributed by atoms with Crippen molar-refractivity contribution in [2.75, 3.05) is 0 Å². The van der Waals surface area contributed by atoms with Crippen LogP contribution in [0.25, 0.3) is 22.4 Å². The van der Waals surface area contributed by atoms with Crippen molar-refractivity contribution in [2.24, 2.45) is 0 Å². The van der Waals surface area contributed by atoms with Gasteiger partial charge in [0.05, 0.1) is 5.69 Å². The molecule has 0 unspecified atom stereocenters. The number of halogens is 1. The van der Waals surface area contributed by atoms with Gasteiger partial charge in [0.25, 0.3) is 0 Å². The Hall–Kier alpha value is -2.45. The van der Waals surface area contributed by atoms with Gasteiger partial charge in [-0.15, -0.1) is 0 Å². The number of carbonyl (C=O) groups excluding carboxylic acids is 1. The van der Waals surface area contributed by atoms with E-state index in [0.717, 1.165) is 47.9 Å². The molecule has 2 nitrogen and oxygen atoms in total. The first-order valence-corrected chi connectivity index (χ1v) is 11.4. The Labute approximate surface area is 185 Å². The highest BCUT2D eigenvalue weighted by atomic mass is 35.5. The van der Waals surface area contributed by atoms with E-state index < -0.39 is 0 Å². The molecule has 30 heavy (non-hydrogen) atoms. The molecule has 0 saturated heterocycles. The van der Waals surface area contributed by atoms with Crippen molar-refractivity contribution in [2.45, 2.75) is 58.8 Å². The van der Waals surface area contributed by atoms with Crippen molar-refractivity contribution in [3.8, 4) is 22.4 Å². The van der Waals surface area contributed by atoms with Gasteiger partial charge in [-0.25, -0.2) is 4.98 Å². The summed E-state index contributed by atoms with van der Waals surface area (Å²) >= 11 is 6.23. The van der Waals surface area contributed by atoms with Gasteiger partial charge >= 0.3 is 0 Å². The number of aromatic nitrogens is 1. The van der Waals surface area contributed by atoms with Crippen LogP contribution in [-0.4, -0.2) is 11.3 Å². The highest BCUT2D eigenvalue weighted by molar-refractivity contribution is 6.30. The quantitative estimate of drug-likeness (QED) is 0.246. The van der Waals surface area contributed by atoms with E-state index in [0.29, 0.717) is 10.7 Å². The Morgan fingerprint density at radius 2 is 1.70 bits per heavy atom. The zero-order chi connectivity index (χ0) is 21.3. The number of carbonyl (C=O) groups is 1. The molecule has 0 aliphatic carbocycles. The van der Waals surface area contributed by atoms with Crippen LogP contribution >= 0.6 is 11.6 Å². The third kappa shape index (κ3) is 5.58. The van der Waals surface area contributed by atoms with Crippen molar-refractivity contribution >= 4 is 17.9 Å². The first kappa shape index (κ1) is 22.2. The zero-order valence-corrected chi connectivity index (χ0v) is 18.7. The predicted molar refractivity (Wildman–Crippen MR) is 127 cm³/mol. The van der Waals surface area contributed by atoms with Crippen LogP contribution in [0.5, 0.6) is 0 Å². The van der Waals surface area contributed by atoms with Gasteiger partial charge in [0.15, 0.2) is 6.29 Å². The summed E-state index contributed by atoms with van der Waals surface area (Å²) < 4.78 is 0. The molecule has 0 N–H and O–H groups in total. The van der Waals surface area contributed by atoms with E-state index >= 15 is 0 Å². The summed E-state index contributed by atoms with van der Waals surface area (Å²) in [5.74, 6) is 0. The van der Waals surface area contributed by atoms with E-state index in [9.17, 15) is 4.79 Å². The Bertz CT molecular complexity index is 996. The van der Waals surface area contributed by atoms with Crippen molar-refractivity contribution in [3.63, 3.8) is 0 Å². The summed E-state index contributed by atoms with van der Waals surface area (Å²) in [6.07, 6.45) is 9.22. The minimum absolute atomic E-state index is 0.426. The number of unbranched alkanes of at least 4 members (excludes halogenated alkanes) is 3. The molecule has 0 aliphatic rings. The van der Waals surface area contributed by atoms with Crippen molar-refractivity contribution < 1.29 is 4.79 Å². The fraction of sp³-hybridized carbons (Fsp3) is 0.333. The van der Waals surface area contributed by atoms with Crippen LogP contribution in [0.15, 0.2) is 54.6 Å². The summed E-state index contributed by atoms with van der Waals surface area (Å²) in [6, 6.07) is 18.2. The van der Waals surface area contributed by atoms with Crippen LogP contribution in [0.3, 0.4) is 0 Å². The molecule has 0 spiro atoms. The average Bonchev–Trinajstić information content (AvgIpc) is 2.77. The number of pyridine rings is 1. The van der Waals surface area contributed by atoms with Crippen LogP contribution < -0.4 is 0 Å². The molecule has 1 heterocycles. The molecule has 2 aromatic carbocycles. The molecule has 0 saturated carbocycles. The molecule has 0 bridgehead atoms. The lowest BCUT2D eigenvalue weighted by Crippen LogP contribution is -1.98. The SMILES string of the molecule is CCCCCCc1ccc(-c2ccc(C=O)nc2-c2cccc(Cl)c2)cc1CCC. The third-order valence-corrected chi connectivity index (χ3v) is 5.71. The van der Waals surface area contributed by atoms with Gasteiger partial charge in [-0.05, 0) is 60.2 Å². The highest BCUT2D eigenvalue weighted by Crippen LogP contribution is 2.33. The first-order chi connectivity index (χ1) is 14.7. The lowest BCUT2D eigenvalue weighted by molar-refractivity contribution is 0.111. The molecule has 0 radical (unpaired) electrons. The van der Waals surface area contributed by atoms with Gasteiger partial charge in [0, 0.05) is 16.1 Å². The minimum Gasteiger partial charge on any atom is -0.296 e. The van der Waals surface area contributed by atoms with Gasteiger partial charge in [-0.3, -0.25) is 4.79 Å². The van der Waals surface area contributed by atoms with Crippen LogP contribution in [0, 0.1) is 0 Å². The highest BCUT2D eigenvalue weighted by Gasteiger charge is 2.13. The first-order valence-electron chi connectivity index (χ1n) is 11.0. The normalized spacial score (nSPS) is 10.9. The standard InChI is InChI=1S/C27H30ClNO/c1-3-5-6-7-10-20-13-14-22(17-21(20)9-4-2)26-16-15-25(19-30)29-27(26)23-11-8-12-24(28)18-23/h8,11-19H,3-7,9-10H2,1-2H3. The van der Waals surface area contributed by atoms with E-state index in [4.69, 9.17) is 11.6 Å². The number of nitrogens with zero attached hydrogens (tertiary/aromatic N) is 1. The van der Waals surface area contributed by atoms with Crippen LogP contribution in [0.4, 0.5) is 0 Å². The van der Waals surface area contributed by atoms with E-state index in [2.05, 4.69) is 37.0 Å². The summed E-state index contributed by atoms with van der Waals surface area (Å²) in [4.78, 5) is 16.0.